The third-order valence-electron chi connectivity index (χ3n) is 7.24. The number of rotatable bonds is 12. The first-order chi connectivity index (χ1) is 19.9. The van der Waals surface area contributed by atoms with E-state index in [0.29, 0.717) is 30.9 Å². The Morgan fingerprint density at radius 2 is 1.63 bits per heavy atom. The Bertz CT molecular complexity index is 1610. The lowest BCUT2D eigenvalue weighted by Crippen LogP contribution is -2.21. The summed E-state index contributed by atoms with van der Waals surface area (Å²) in [5, 5.41) is 2.09. The molecule has 0 N–H and O–H groups in total. The van der Waals surface area contributed by atoms with Gasteiger partial charge in [-0.2, -0.15) is 4.98 Å². The highest BCUT2D eigenvalue weighted by Gasteiger charge is 2.33. The first-order valence-electron chi connectivity index (χ1n) is 13.9. The largest absolute Gasteiger partial charge is 0.481 e. The number of halogens is 1. The Morgan fingerprint density at radius 1 is 0.878 bits per heavy atom. The molecule has 0 fully saturated rings. The van der Waals surface area contributed by atoms with Gasteiger partial charge in [0.15, 0.2) is 0 Å². The average Bonchev–Trinajstić information content (AvgIpc) is 3.44. The maximum absolute atomic E-state index is 6.10. The van der Waals surface area contributed by atoms with Gasteiger partial charge in [-0.3, -0.25) is 0 Å². The number of aromatic nitrogens is 2. The lowest BCUT2D eigenvalue weighted by molar-refractivity contribution is 0.297. The fraction of sp³-hybridized carbons (Fsp3) is 0.333. The summed E-state index contributed by atoms with van der Waals surface area (Å²) in [5.74, 6) is 1.45. The Hall–Kier alpha value is -3.62. The van der Waals surface area contributed by atoms with Crippen LogP contribution in [-0.4, -0.2) is 55.8 Å². The SMILES string of the molecule is CCOc1cc(C(c2cc3cc(Br)ccc3nc2OC)C(CCN(C)C)c2cccc3ccoc23)cc(OCC)n1. The van der Waals surface area contributed by atoms with Crippen molar-refractivity contribution in [3.05, 3.63) is 88.1 Å². The number of methoxy groups -OCH3 is 1. The van der Waals surface area contributed by atoms with Gasteiger partial charge in [0.05, 0.1) is 32.1 Å². The lowest BCUT2D eigenvalue weighted by Gasteiger charge is -2.31. The van der Waals surface area contributed by atoms with Crippen LogP contribution in [0.5, 0.6) is 17.6 Å². The van der Waals surface area contributed by atoms with E-state index < -0.39 is 0 Å². The Morgan fingerprint density at radius 3 is 2.32 bits per heavy atom. The van der Waals surface area contributed by atoms with Gasteiger partial charge in [-0.15, -0.1) is 0 Å². The number of fused-ring (bicyclic) bond motifs is 2. The van der Waals surface area contributed by atoms with Gasteiger partial charge >= 0.3 is 0 Å². The van der Waals surface area contributed by atoms with Crippen molar-refractivity contribution in [2.24, 2.45) is 0 Å². The zero-order valence-corrected chi connectivity index (χ0v) is 25.8. The van der Waals surface area contributed by atoms with Crippen molar-refractivity contribution in [3.8, 4) is 17.6 Å². The van der Waals surface area contributed by atoms with E-state index in [4.69, 9.17) is 23.6 Å². The molecule has 0 radical (unpaired) electrons. The van der Waals surface area contributed by atoms with E-state index in [9.17, 15) is 0 Å². The van der Waals surface area contributed by atoms with E-state index in [2.05, 4.69) is 70.2 Å². The fourth-order valence-corrected chi connectivity index (χ4v) is 5.87. The van der Waals surface area contributed by atoms with Crippen LogP contribution in [0, 0.1) is 0 Å². The molecule has 2 aromatic carbocycles. The quantitative estimate of drug-likeness (QED) is 0.141. The Balaban J connectivity index is 1.82. The maximum atomic E-state index is 6.10. The predicted octanol–water partition coefficient (Wildman–Crippen LogP) is 7.81. The number of hydrogen-bond acceptors (Lipinski definition) is 7. The summed E-state index contributed by atoms with van der Waals surface area (Å²) in [5.41, 5.74) is 4.87. The van der Waals surface area contributed by atoms with Crippen LogP contribution in [0.1, 0.15) is 48.8 Å². The third kappa shape index (κ3) is 6.34. The number of para-hydroxylation sites is 1. The number of hydrogen-bond donors (Lipinski definition) is 0. The van der Waals surface area contributed by atoms with Crippen LogP contribution in [-0.2, 0) is 0 Å². The summed E-state index contributed by atoms with van der Waals surface area (Å²) >= 11 is 3.64. The van der Waals surface area contributed by atoms with E-state index >= 15 is 0 Å². The zero-order valence-electron chi connectivity index (χ0n) is 24.2. The lowest BCUT2D eigenvalue weighted by atomic mass is 9.75. The molecule has 0 amide bonds. The molecular weight excluding hydrogens is 582 g/mol. The van der Waals surface area contributed by atoms with Crippen LogP contribution in [0.4, 0.5) is 0 Å². The summed E-state index contributed by atoms with van der Waals surface area (Å²) in [7, 11) is 5.88. The van der Waals surface area contributed by atoms with Crippen molar-refractivity contribution < 1.29 is 18.6 Å². The van der Waals surface area contributed by atoms with Gasteiger partial charge in [-0.25, -0.2) is 4.98 Å². The van der Waals surface area contributed by atoms with Crippen LogP contribution in [0.15, 0.2) is 75.8 Å². The van der Waals surface area contributed by atoms with Crippen LogP contribution in [0.3, 0.4) is 0 Å². The zero-order chi connectivity index (χ0) is 28.9. The van der Waals surface area contributed by atoms with Crippen molar-refractivity contribution in [1.82, 2.24) is 14.9 Å². The molecular formula is C33H36BrN3O4. The summed E-state index contributed by atoms with van der Waals surface area (Å²) in [4.78, 5) is 11.8. The highest BCUT2D eigenvalue weighted by molar-refractivity contribution is 9.10. The molecule has 3 heterocycles. The van der Waals surface area contributed by atoms with E-state index in [1.807, 2.05) is 44.2 Å². The monoisotopic (exact) mass is 617 g/mol. The number of pyridine rings is 2. The minimum absolute atomic E-state index is 0.00101. The minimum Gasteiger partial charge on any atom is -0.481 e. The Labute approximate surface area is 249 Å². The smallest absolute Gasteiger partial charge is 0.217 e. The Kier molecular flexibility index (Phi) is 9.10. The van der Waals surface area contributed by atoms with Gasteiger partial charge in [0.25, 0.3) is 0 Å². The number of benzene rings is 2. The van der Waals surface area contributed by atoms with E-state index in [1.54, 1.807) is 13.4 Å². The van der Waals surface area contributed by atoms with Gasteiger partial charge in [0, 0.05) is 38.9 Å². The van der Waals surface area contributed by atoms with Crippen molar-refractivity contribution in [1.29, 1.82) is 0 Å². The first-order valence-corrected chi connectivity index (χ1v) is 14.7. The molecule has 7 nitrogen and oxygen atoms in total. The summed E-state index contributed by atoms with van der Waals surface area (Å²) < 4.78 is 24.9. The van der Waals surface area contributed by atoms with E-state index in [0.717, 1.165) is 56.0 Å². The topological polar surface area (TPSA) is 69.9 Å². The molecule has 8 heteroatoms. The van der Waals surface area contributed by atoms with E-state index in [-0.39, 0.29) is 11.8 Å². The molecule has 2 atom stereocenters. The number of furan rings is 1. The van der Waals surface area contributed by atoms with Crippen molar-refractivity contribution >= 4 is 37.8 Å². The predicted molar refractivity (Wildman–Crippen MR) is 167 cm³/mol. The summed E-state index contributed by atoms with van der Waals surface area (Å²) in [6, 6.07) is 20.7. The second kappa shape index (κ2) is 12.9. The summed E-state index contributed by atoms with van der Waals surface area (Å²) in [6.07, 6.45) is 2.61. The normalized spacial score (nSPS) is 13.0. The highest BCUT2D eigenvalue weighted by atomic mass is 79.9. The maximum Gasteiger partial charge on any atom is 0.217 e. The third-order valence-corrected chi connectivity index (χ3v) is 7.73. The van der Waals surface area contributed by atoms with Crippen molar-refractivity contribution in [3.63, 3.8) is 0 Å². The van der Waals surface area contributed by atoms with Crippen molar-refractivity contribution in [2.75, 3.05) is 41.0 Å². The van der Waals surface area contributed by atoms with Gasteiger partial charge in [0.1, 0.15) is 5.58 Å². The molecule has 0 aliphatic rings. The number of ether oxygens (including phenoxy) is 3. The molecule has 0 saturated carbocycles. The average molecular weight is 619 g/mol. The molecule has 214 valence electrons. The molecule has 41 heavy (non-hydrogen) atoms. The molecule has 0 aliphatic carbocycles. The van der Waals surface area contributed by atoms with Gasteiger partial charge in [-0.1, -0.05) is 34.1 Å². The van der Waals surface area contributed by atoms with Crippen molar-refractivity contribution in [2.45, 2.75) is 32.1 Å². The molecule has 5 rings (SSSR count). The molecule has 0 aliphatic heterocycles. The highest BCUT2D eigenvalue weighted by Crippen LogP contribution is 2.47. The molecule has 0 spiro atoms. The first kappa shape index (κ1) is 28.9. The second-order valence-electron chi connectivity index (χ2n) is 10.2. The van der Waals surface area contributed by atoms with Gasteiger partial charge in [-0.05, 0) is 88.3 Å². The second-order valence-corrected chi connectivity index (χ2v) is 11.1. The van der Waals surface area contributed by atoms with E-state index in [1.165, 1.54) is 0 Å². The fourth-order valence-electron chi connectivity index (χ4n) is 5.49. The van der Waals surface area contributed by atoms with Gasteiger partial charge in [0.2, 0.25) is 17.6 Å². The van der Waals surface area contributed by atoms with Crippen LogP contribution in [0.2, 0.25) is 0 Å². The van der Waals surface area contributed by atoms with Crippen LogP contribution < -0.4 is 14.2 Å². The van der Waals surface area contributed by atoms with Gasteiger partial charge < -0.3 is 23.5 Å². The molecule has 3 aromatic heterocycles. The standard InChI is InChI=1S/C33H36BrN3O4/c1-6-39-29-19-23(20-30(36-29)40-7-2)31(27-18-22-17-24(34)11-12-28(22)35-33(27)38-5)25(13-15-37(3)4)26-10-8-9-21-14-16-41-32(21)26/h8-12,14,16-20,25,31H,6-7,13,15H2,1-5H3. The molecule has 5 aromatic rings. The molecule has 0 saturated heterocycles. The summed E-state index contributed by atoms with van der Waals surface area (Å²) in [6.45, 7) is 5.78. The molecule has 0 bridgehead atoms. The minimum atomic E-state index is -0.183. The van der Waals surface area contributed by atoms with Crippen LogP contribution in [0.25, 0.3) is 21.9 Å². The number of nitrogens with zero attached hydrogens (tertiary/aromatic N) is 3. The van der Waals surface area contributed by atoms with Crippen LogP contribution >= 0.6 is 15.9 Å². The molecule has 2 unspecified atom stereocenters.